The Morgan fingerprint density at radius 3 is 2.60 bits per heavy atom. The van der Waals surface area contributed by atoms with Gasteiger partial charge in [-0.15, -0.1) is 0 Å². The first kappa shape index (κ1) is 11.3. The van der Waals surface area contributed by atoms with Gasteiger partial charge in [0.2, 0.25) is 0 Å². The normalized spacial score (nSPS) is 10.3. The number of hydrogen-bond donors (Lipinski definition) is 0. The van der Waals surface area contributed by atoms with Gasteiger partial charge in [0.15, 0.2) is 0 Å². The fraction of sp³-hybridized carbons (Fsp3) is 0.214. The Labute approximate surface area is 91.4 Å². The molecule has 0 saturated carbocycles. The number of hydrogen-bond acceptors (Lipinski definition) is 1. The van der Waals surface area contributed by atoms with E-state index in [1.54, 1.807) is 0 Å². The molecule has 0 spiro atoms. The van der Waals surface area contributed by atoms with Crippen molar-refractivity contribution in [2.75, 3.05) is 0 Å². The zero-order valence-corrected chi connectivity index (χ0v) is 9.46. The van der Waals surface area contributed by atoms with Gasteiger partial charge in [0.25, 0.3) is 0 Å². The van der Waals surface area contributed by atoms with E-state index in [0.29, 0.717) is 0 Å². The molecule has 0 atom stereocenters. The Morgan fingerprint density at radius 2 is 2.07 bits per heavy atom. The summed E-state index contributed by atoms with van der Waals surface area (Å²) >= 11 is 0. The fourth-order valence-corrected chi connectivity index (χ4v) is 1.47. The van der Waals surface area contributed by atoms with E-state index in [1.807, 2.05) is 45.1 Å². The summed E-state index contributed by atoms with van der Waals surface area (Å²) in [5.74, 6) is 0. The summed E-state index contributed by atoms with van der Waals surface area (Å²) in [6.07, 6.45) is 3.99. The summed E-state index contributed by atoms with van der Waals surface area (Å²) in [6.45, 7) is 9.80. The Bertz CT molecular complexity index is 459. The Hall–Kier alpha value is -1.81. The molecule has 76 valence electrons. The van der Waals surface area contributed by atoms with Gasteiger partial charge in [-0.25, -0.2) is 0 Å². The second kappa shape index (κ2) is 4.61. The first-order chi connectivity index (χ1) is 7.06. The zero-order chi connectivity index (χ0) is 11.4. The molecule has 15 heavy (non-hydrogen) atoms. The molecule has 0 unspecified atom stereocenters. The van der Waals surface area contributed by atoms with E-state index in [9.17, 15) is 0 Å². The molecule has 0 aliphatic heterocycles. The maximum atomic E-state index is 8.92. The number of allylic oxidation sites excluding steroid dienone is 2. The molecule has 0 aliphatic carbocycles. The second-order valence-corrected chi connectivity index (χ2v) is 3.76. The molecule has 1 heteroatoms. The SMILES string of the molecule is C=C(C)/C=C\c1c(C)ccc(C#N)c1C. The van der Waals surface area contributed by atoms with Crippen LogP contribution in [0, 0.1) is 25.2 Å². The van der Waals surface area contributed by atoms with Crippen LogP contribution in [0.1, 0.15) is 29.2 Å². The lowest BCUT2D eigenvalue weighted by molar-refractivity contribution is 1.32. The van der Waals surface area contributed by atoms with Gasteiger partial charge in [-0.3, -0.25) is 0 Å². The van der Waals surface area contributed by atoms with Gasteiger partial charge in [0.1, 0.15) is 0 Å². The fourth-order valence-electron chi connectivity index (χ4n) is 1.47. The topological polar surface area (TPSA) is 23.8 Å². The molecule has 1 rings (SSSR count). The third-order valence-electron chi connectivity index (χ3n) is 2.39. The third-order valence-corrected chi connectivity index (χ3v) is 2.39. The van der Waals surface area contributed by atoms with Crippen molar-refractivity contribution in [3.05, 3.63) is 52.6 Å². The summed E-state index contributed by atoms with van der Waals surface area (Å²) in [7, 11) is 0. The number of rotatable bonds is 2. The molecule has 1 nitrogen and oxygen atoms in total. The molecule has 0 bridgehead atoms. The average molecular weight is 197 g/mol. The summed E-state index contributed by atoms with van der Waals surface area (Å²) in [5, 5.41) is 8.92. The Balaban J connectivity index is 3.28. The lowest BCUT2D eigenvalue weighted by atomic mass is 9.97. The largest absolute Gasteiger partial charge is 0.192 e. The lowest BCUT2D eigenvalue weighted by Crippen LogP contribution is -1.90. The van der Waals surface area contributed by atoms with Crippen molar-refractivity contribution in [3.8, 4) is 6.07 Å². The number of aryl methyl sites for hydroxylation is 1. The minimum atomic E-state index is 0.738. The van der Waals surface area contributed by atoms with E-state index < -0.39 is 0 Å². The van der Waals surface area contributed by atoms with Crippen LogP contribution in [0.3, 0.4) is 0 Å². The Morgan fingerprint density at radius 1 is 1.40 bits per heavy atom. The number of nitrogens with zero attached hydrogens (tertiary/aromatic N) is 1. The smallest absolute Gasteiger partial charge is 0.0994 e. The summed E-state index contributed by atoms with van der Waals surface area (Å²) in [6, 6.07) is 6.03. The van der Waals surface area contributed by atoms with Gasteiger partial charge in [-0.2, -0.15) is 5.26 Å². The van der Waals surface area contributed by atoms with Crippen molar-refractivity contribution in [3.63, 3.8) is 0 Å². The van der Waals surface area contributed by atoms with Gasteiger partial charge in [0.05, 0.1) is 11.6 Å². The van der Waals surface area contributed by atoms with Crippen LogP contribution in [0.2, 0.25) is 0 Å². The van der Waals surface area contributed by atoms with Gasteiger partial charge in [-0.05, 0) is 43.5 Å². The van der Waals surface area contributed by atoms with Crippen LogP contribution in [-0.2, 0) is 0 Å². The van der Waals surface area contributed by atoms with Gasteiger partial charge in [-0.1, -0.05) is 30.4 Å². The summed E-state index contributed by atoms with van der Waals surface area (Å²) in [5.41, 5.74) is 5.09. The Kier molecular flexibility index (Phi) is 3.46. The highest BCUT2D eigenvalue weighted by Gasteiger charge is 2.03. The van der Waals surface area contributed by atoms with E-state index in [1.165, 1.54) is 5.56 Å². The van der Waals surface area contributed by atoms with Gasteiger partial charge < -0.3 is 0 Å². The lowest BCUT2D eigenvalue weighted by Gasteiger charge is -2.06. The van der Waals surface area contributed by atoms with Crippen molar-refractivity contribution in [1.29, 1.82) is 5.26 Å². The van der Waals surface area contributed by atoms with Crippen molar-refractivity contribution in [2.24, 2.45) is 0 Å². The summed E-state index contributed by atoms with van der Waals surface area (Å²) < 4.78 is 0. The second-order valence-electron chi connectivity index (χ2n) is 3.76. The molecule has 0 aromatic heterocycles. The molecule has 0 fully saturated rings. The maximum Gasteiger partial charge on any atom is 0.0994 e. The molecule has 0 heterocycles. The van der Waals surface area contributed by atoms with E-state index in [4.69, 9.17) is 5.26 Å². The molecular weight excluding hydrogens is 182 g/mol. The predicted molar refractivity (Wildman–Crippen MR) is 64.5 cm³/mol. The molecule has 0 amide bonds. The predicted octanol–water partition coefficient (Wildman–Crippen LogP) is 3.76. The third kappa shape index (κ3) is 2.57. The van der Waals surface area contributed by atoms with Crippen molar-refractivity contribution >= 4 is 6.08 Å². The van der Waals surface area contributed by atoms with E-state index in [0.717, 1.165) is 22.3 Å². The first-order valence-corrected chi connectivity index (χ1v) is 4.90. The molecule has 0 aliphatic rings. The van der Waals surface area contributed by atoms with Crippen LogP contribution in [0.25, 0.3) is 6.08 Å². The zero-order valence-electron chi connectivity index (χ0n) is 9.46. The van der Waals surface area contributed by atoms with Crippen molar-refractivity contribution in [1.82, 2.24) is 0 Å². The quantitative estimate of drug-likeness (QED) is 0.662. The molecular formula is C14H15N. The van der Waals surface area contributed by atoms with E-state index in [-0.39, 0.29) is 0 Å². The van der Waals surface area contributed by atoms with Crippen LogP contribution >= 0.6 is 0 Å². The molecule has 1 aromatic carbocycles. The van der Waals surface area contributed by atoms with Gasteiger partial charge >= 0.3 is 0 Å². The minimum absolute atomic E-state index is 0.738. The van der Waals surface area contributed by atoms with Crippen molar-refractivity contribution in [2.45, 2.75) is 20.8 Å². The van der Waals surface area contributed by atoms with Crippen molar-refractivity contribution < 1.29 is 0 Å². The van der Waals surface area contributed by atoms with E-state index in [2.05, 4.69) is 12.6 Å². The minimum Gasteiger partial charge on any atom is -0.192 e. The highest BCUT2D eigenvalue weighted by molar-refractivity contribution is 5.63. The van der Waals surface area contributed by atoms with Crippen LogP contribution in [0.4, 0.5) is 0 Å². The van der Waals surface area contributed by atoms with E-state index >= 15 is 0 Å². The number of benzene rings is 1. The van der Waals surface area contributed by atoms with Crippen LogP contribution in [0.5, 0.6) is 0 Å². The average Bonchev–Trinajstić information content (AvgIpc) is 2.17. The molecule has 1 aromatic rings. The van der Waals surface area contributed by atoms with Crippen LogP contribution in [-0.4, -0.2) is 0 Å². The standard InChI is InChI=1S/C14H15N/c1-10(2)5-8-14-11(3)6-7-13(9-15)12(14)4/h5-8H,1H2,2-4H3/b8-5-. The maximum absolute atomic E-state index is 8.92. The molecule has 0 radical (unpaired) electrons. The first-order valence-electron chi connectivity index (χ1n) is 4.90. The van der Waals surface area contributed by atoms with Gasteiger partial charge in [0, 0.05) is 0 Å². The highest BCUT2D eigenvalue weighted by Crippen LogP contribution is 2.19. The monoisotopic (exact) mass is 197 g/mol. The molecule has 0 saturated heterocycles. The summed E-state index contributed by atoms with van der Waals surface area (Å²) in [4.78, 5) is 0. The number of nitriles is 1. The van der Waals surface area contributed by atoms with Crippen LogP contribution in [0.15, 0.2) is 30.4 Å². The van der Waals surface area contributed by atoms with Crippen LogP contribution < -0.4 is 0 Å². The highest BCUT2D eigenvalue weighted by atomic mass is 14.2. The molecule has 0 N–H and O–H groups in total.